The molecule has 1 fully saturated rings. The molecule has 0 aromatic heterocycles. The van der Waals surface area contributed by atoms with Gasteiger partial charge in [-0.05, 0) is 74.1 Å². The van der Waals surface area contributed by atoms with E-state index in [2.05, 4.69) is 4.74 Å². The molecule has 7 nitrogen and oxygen atoms in total. The van der Waals surface area contributed by atoms with E-state index < -0.39 is 71.9 Å². The topological polar surface area (TPSA) is 85.1 Å². The molecule has 16 heteroatoms. The van der Waals surface area contributed by atoms with E-state index in [0.717, 1.165) is 23.1 Å². The maximum atomic E-state index is 13.5. The number of primary amides is 1. The van der Waals surface area contributed by atoms with E-state index in [1.165, 1.54) is 11.8 Å². The van der Waals surface area contributed by atoms with Crippen molar-refractivity contribution in [2.75, 3.05) is 11.5 Å². The second kappa shape index (κ2) is 11.1. The Balaban J connectivity index is 1.84. The van der Waals surface area contributed by atoms with Crippen LogP contribution in [0.1, 0.15) is 54.5 Å². The highest BCUT2D eigenvalue weighted by Gasteiger charge is 2.47. The summed E-state index contributed by atoms with van der Waals surface area (Å²) < 4.78 is 129. The molecule has 1 heterocycles. The number of nitrogens with zero attached hydrogens (tertiary/aromatic N) is 2. The summed E-state index contributed by atoms with van der Waals surface area (Å²) in [5, 5.41) is 0. The molecule has 1 aliphatic heterocycles. The first-order valence-corrected chi connectivity index (χ1v) is 12.6. The van der Waals surface area contributed by atoms with Crippen LogP contribution in [0.2, 0.25) is 0 Å². The number of carbonyl (C=O) groups excluding carboxylic acids is 2. The first kappa shape index (κ1) is 31.1. The molecular weight excluding hydrogens is 589 g/mol. The third-order valence-corrected chi connectivity index (χ3v) is 6.94. The lowest BCUT2D eigenvalue weighted by molar-refractivity contribution is -0.274. The Kier molecular flexibility index (Phi) is 8.21. The van der Waals surface area contributed by atoms with Crippen LogP contribution in [-0.2, 0) is 23.6 Å². The predicted molar refractivity (Wildman–Crippen MR) is 128 cm³/mol. The monoisotopic (exact) mass is 613 g/mol. The number of carbonyl (C=O) groups is 2. The molecule has 42 heavy (non-hydrogen) atoms. The van der Waals surface area contributed by atoms with Gasteiger partial charge in [0.1, 0.15) is 5.75 Å². The van der Waals surface area contributed by atoms with Gasteiger partial charge < -0.3 is 20.1 Å². The third-order valence-electron chi connectivity index (χ3n) is 6.94. The van der Waals surface area contributed by atoms with Crippen LogP contribution in [0.15, 0.2) is 36.4 Å². The van der Waals surface area contributed by atoms with Crippen LogP contribution in [0.5, 0.6) is 5.75 Å². The Hall–Kier alpha value is -3.85. The lowest BCUT2D eigenvalue weighted by atomic mass is 9.87. The fourth-order valence-electron chi connectivity index (χ4n) is 5.11. The minimum atomic E-state index is -5.16. The molecule has 2 aromatic carbocycles. The molecule has 0 saturated heterocycles. The standard InChI is InChI=1S/C26H24F9N3O4/c1-2-41-23(40)38-19-6-5-17(42-26(33,34)35)10-18(19)21(11-20(38)14-3-4-14)37(22(36)39)12-13-7-15(24(27,28)29)9-16(8-13)25(30,31)32/h5-10,14,20-21H,2-4,11-12H2,1H3,(H2,36,39). The number of amides is 3. The molecule has 2 aromatic rings. The Bertz CT molecular complexity index is 1310. The van der Waals surface area contributed by atoms with Crippen molar-refractivity contribution in [3.63, 3.8) is 0 Å². The molecule has 0 spiro atoms. The van der Waals surface area contributed by atoms with E-state index in [0.29, 0.717) is 25.0 Å². The van der Waals surface area contributed by atoms with Crippen molar-refractivity contribution < 1.29 is 58.6 Å². The van der Waals surface area contributed by atoms with Crippen LogP contribution < -0.4 is 15.4 Å². The molecule has 0 radical (unpaired) electrons. The number of benzene rings is 2. The fourth-order valence-corrected chi connectivity index (χ4v) is 5.11. The second-order valence-electron chi connectivity index (χ2n) is 9.87. The van der Waals surface area contributed by atoms with Gasteiger partial charge in [0.15, 0.2) is 0 Å². The van der Waals surface area contributed by atoms with Crippen LogP contribution in [0.3, 0.4) is 0 Å². The predicted octanol–water partition coefficient (Wildman–Crippen LogP) is 7.39. The van der Waals surface area contributed by atoms with Gasteiger partial charge in [0.05, 0.1) is 29.5 Å². The summed E-state index contributed by atoms with van der Waals surface area (Å²) in [6.07, 6.45) is -15.1. The van der Waals surface area contributed by atoms with Crippen molar-refractivity contribution in [1.82, 2.24) is 4.90 Å². The van der Waals surface area contributed by atoms with E-state index in [1.54, 1.807) is 0 Å². The number of anilines is 1. The Labute approximate surface area is 232 Å². The third kappa shape index (κ3) is 6.95. The molecule has 230 valence electrons. The van der Waals surface area contributed by atoms with Crippen LogP contribution >= 0.6 is 0 Å². The van der Waals surface area contributed by atoms with E-state index in [-0.39, 0.29) is 36.3 Å². The van der Waals surface area contributed by atoms with Gasteiger partial charge in [0.25, 0.3) is 0 Å². The van der Waals surface area contributed by atoms with Crippen LogP contribution in [-0.4, -0.2) is 36.0 Å². The number of ether oxygens (including phenoxy) is 2. The van der Waals surface area contributed by atoms with Gasteiger partial charge in [0.2, 0.25) is 0 Å². The van der Waals surface area contributed by atoms with Gasteiger partial charge in [0, 0.05) is 18.2 Å². The lowest BCUT2D eigenvalue weighted by Crippen LogP contribution is -2.50. The summed E-state index contributed by atoms with van der Waals surface area (Å²) >= 11 is 0. The summed E-state index contributed by atoms with van der Waals surface area (Å²) in [6.45, 7) is 0.649. The van der Waals surface area contributed by atoms with Crippen molar-refractivity contribution in [3.8, 4) is 5.75 Å². The number of nitrogens with two attached hydrogens (primary N) is 1. The molecule has 2 unspecified atom stereocenters. The molecule has 2 atom stereocenters. The van der Waals surface area contributed by atoms with Crippen molar-refractivity contribution >= 4 is 17.8 Å². The molecule has 1 aliphatic carbocycles. The summed E-state index contributed by atoms with van der Waals surface area (Å²) in [5.74, 6) is -0.848. The number of urea groups is 1. The zero-order chi connectivity index (χ0) is 31.2. The van der Waals surface area contributed by atoms with Crippen molar-refractivity contribution in [3.05, 3.63) is 58.7 Å². The second-order valence-corrected chi connectivity index (χ2v) is 9.87. The highest BCUT2D eigenvalue weighted by atomic mass is 19.4. The minimum absolute atomic E-state index is 0.0300. The van der Waals surface area contributed by atoms with Crippen molar-refractivity contribution in [1.29, 1.82) is 0 Å². The summed E-state index contributed by atoms with van der Waals surface area (Å²) in [6, 6.07) is 0.573. The first-order valence-electron chi connectivity index (χ1n) is 12.6. The zero-order valence-corrected chi connectivity index (χ0v) is 21.7. The van der Waals surface area contributed by atoms with E-state index in [9.17, 15) is 49.1 Å². The van der Waals surface area contributed by atoms with Gasteiger partial charge in [-0.1, -0.05) is 0 Å². The molecule has 4 rings (SSSR count). The van der Waals surface area contributed by atoms with Crippen LogP contribution in [0.4, 0.5) is 54.8 Å². The summed E-state index contributed by atoms with van der Waals surface area (Å²) in [4.78, 5) is 27.6. The maximum absolute atomic E-state index is 13.5. The van der Waals surface area contributed by atoms with Crippen LogP contribution in [0.25, 0.3) is 0 Å². The molecule has 3 amide bonds. The quantitative estimate of drug-likeness (QED) is 0.345. The molecule has 2 N–H and O–H groups in total. The number of halogens is 9. The number of hydrogen-bond donors (Lipinski definition) is 1. The lowest BCUT2D eigenvalue weighted by Gasteiger charge is -2.44. The van der Waals surface area contributed by atoms with E-state index in [4.69, 9.17) is 10.5 Å². The van der Waals surface area contributed by atoms with Gasteiger partial charge in [-0.3, -0.25) is 4.90 Å². The molecule has 1 saturated carbocycles. The van der Waals surface area contributed by atoms with E-state index >= 15 is 0 Å². The fraction of sp³-hybridized carbons (Fsp3) is 0.462. The number of fused-ring (bicyclic) bond motifs is 1. The van der Waals surface area contributed by atoms with Crippen molar-refractivity contribution in [2.45, 2.75) is 63.5 Å². The molecular formula is C26H24F9N3O4. The highest BCUT2D eigenvalue weighted by molar-refractivity contribution is 5.91. The first-order chi connectivity index (χ1) is 19.4. The van der Waals surface area contributed by atoms with Gasteiger partial charge >= 0.3 is 30.8 Å². The average Bonchev–Trinajstić information content (AvgIpc) is 3.70. The number of alkyl halides is 9. The average molecular weight is 613 g/mol. The highest BCUT2D eigenvalue weighted by Crippen LogP contribution is 2.50. The minimum Gasteiger partial charge on any atom is -0.449 e. The zero-order valence-electron chi connectivity index (χ0n) is 21.7. The van der Waals surface area contributed by atoms with Gasteiger partial charge in [-0.15, -0.1) is 13.2 Å². The summed E-state index contributed by atoms with van der Waals surface area (Å²) in [7, 11) is 0. The van der Waals surface area contributed by atoms with Crippen molar-refractivity contribution in [2.24, 2.45) is 11.7 Å². The largest absolute Gasteiger partial charge is 0.573 e. The van der Waals surface area contributed by atoms with Gasteiger partial charge in [-0.2, -0.15) is 26.3 Å². The molecule has 2 aliphatic rings. The smallest absolute Gasteiger partial charge is 0.449 e. The number of rotatable bonds is 6. The Morgan fingerprint density at radius 1 is 0.952 bits per heavy atom. The summed E-state index contributed by atoms with van der Waals surface area (Å²) in [5.41, 5.74) is 1.69. The molecule has 0 bridgehead atoms. The Morgan fingerprint density at radius 3 is 2.02 bits per heavy atom. The van der Waals surface area contributed by atoms with Gasteiger partial charge in [-0.25, -0.2) is 9.59 Å². The Morgan fingerprint density at radius 2 is 1.55 bits per heavy atom. The maximum Gasteiger partial charge on any atom is 0.573 e. The van der Waals surface area contributed by atoms with E-state index in [1.807, 2.05) is 0 Å². The number of hydrogen-bond acceptors (Lipinski definition) is 4. The normalized spacial score (nSPS) is 19.2. The van der Waals surface area contributed by atoms with Crippen LogP contribution in [0, 0.1) is 5.92 Å². The SMILES string of the molecule is CCOC(=O)N1c2ccc(OC(F)(F)F)cc2C(N(Cc2cc(C(F)(F)F)cc(C(F)(F)F)c2)C(N)=O)CC1C1CC1.